The first-order chi connectivity index (χ1) is 20.4. The van der Waals surface area contributed by atoms with Crippen molar-refractivity contribution in [2.75, 3.05) is 26.2 Å². The second kappa shape index (κ2) is 18.7. The van der Waals surface area contributed by atoms with Gasteiger partial charge in [-0.2, -0.15) is 0 Å². The topological polar surface area (TPSA) is 150 Å². The van der Waals surface area contributed by atoms with E-state index in [1.54, 1.807) is 4.90 Å². The number of aliphatic carboxylic acids is 1. The average Bonchev–Trinajstić information content (AvgIpc) is 3.01. The van der Waals surface area contributed by atoms with Crippen LogP contribution in [0, 0.1) is 0 Å². The molecule has 1 unspecified atom stereocenters. The molecule has 2 aromatic rings. The number of nitrogens with one attached hydrogen (secondary N) is 1. The zero-order chi connectivity index (χ0) is 30.0. The highest BCUT2D eigenvalue weighted by Crippen LogP contribution is 2.18. The van der Waals surface area contributed by atoms with Gasteiger partial charge < -0.3 is 40.0 Å². The monoisotopic (exact) mass is 585 g/mol. The SMILES string of the molecule is N[C@@H](CCCCN(C[C@@H](CCNC(=O)OCc1ccccc1)OC1CCCCO1)C(=O)OCc1ccccc1)C(=O)O. The quantitative estimate of drug-likeness (QED) is 0.229. The molecule has 11 heteroatoms. The van der Waals surface area contributed by atoms with E-state index in [1.165, 1.54) is 0 Å². The zero-order valence-corrected chi connectivity index (χ0v) is 24.0. The Hall–Kier alpha value is -3.67. The second-order valence-electron chi connectivity index (χ2n) is 10.3. The molecule has 1 saturated heterocycles. The van der Waals surface area contributed by atoms with Crippen molar-refractivity contribution in [1.82, 2.24) is 10.2 Å². The van der Waals surface area contributed by atoms with Crippen molar-refractivity contribution in [3.05, 3.63) is 71.8 Å². The molecule has 3 atom stereocenters. The van der Waals surface area contributed by atoms with E-state index in [1.807, 2.05) is 60.7 Å². The Morgan fingerprint density at radius 1 is 0.952 bits per heavy atom. The van der Waals surface area contributed by atoms with Crippen molar-refractivity contribution in [3.8, 4) is 0 Å². The molecular weight excluding hydrogens is 542 g/mol. The first-order valence-corrected chi connectivity index (χ1v) is 14.6. The van der Waals surface area contributed by atoms with Crippen LogP contribution in [0.4, 0.5) is 9.59 Å². The van der Waals surface area contributed by atoms with Crippen LogP contribution >= 0.6 is 0 Å². The van der Waals surface area contributed by atoms with E-state index in [2.05, 4.69) is 5.32 Å². The molecule has 1 heterocycles. The normalized spacial score (nSPS) is 16.2. The summed E-state index contributed by atoms with van der Waals surface area (Å²) < 4.78 is 22.9. The summed E-state index contributed by atoms with van der Waals surface area (Å²) in [6.45, 7) is 1.69. The van der Waals surface area contributed by atoms with Gasteiger partial charge in [0, 0.05) is 19.7 Å². The van der Waals surface area contributed by atoms with Gasteiger partial charge in [0.15, 0.2) is 6.29 Å². The Bertz CT molecular complexity index is 1070. The number of unbranched alkanes of at least 4 members (excludes halogenated alkanes) is 1. The minimum atomic E-state index is -1.05. The maximum Gasteiger partial charge on any atom is 0.410 e. The van der Waals surface area contributed by atoms with E-state index < -0.39 is 36.6 Å². The van der Waals surface area contributed by atoms with Crippen LogP contribution in [0.2, 0.25) is 0 Å². The Morgan fingerprint density at radius 3 is 2.24 bits per heavy atom. The summed E-state index contributed by atoms with van der Waals surface area (Å²) in [7, 11) is 0. The highest BCUT2D eigenvalue weighted by atomic mass is 16.7. The molecule has 0 bridgehead atoms. The molecule has 1 fully saturated rings. The molecule has 4 N–H and O–H groups in total. The van der Waals surface area contributed by atoms with Gasteiger partial charge in [-0.3, -0.25) is 4.79 Å². The number of amides is 2. The van der Waals surface area contributed by atoms with E-state index in [0.29, 0.717) is 38.8 Å². The third-order valence-electron chi connectivity index (χ3n) is 6.83. The van der Waals surface area contributed by atoms with Gasteiger partial charge in [-0.1, -0.05) is 60.7 Å². The summed E-state index contributed by atoms with van der Waals surface area (Å²) in [5, 5.41) is 11.8. The van der Waals surface area contributed by atoms with Gasteiger partial charge >= 0.3 is 18.2 Å². The van der Waals surface area contributed by atoms with Crippen molar-refractivity contribution in [2.24, 2.45) is 5.73 Å². The number of carbonyl (C=O) groups is 3. The summed E-state index contributed by atoms with van der Waals surface area (Å²) in [4.78, 5) is 38.1. The summed E-state index contributed by atoms with van der Waals surface area (Å²) in [5.41, 5.74) is 7.39. The van der Waals surface area contributed by atoms with E-state index in [-0.39, 0.29) is 26.3 Å². The van der Waals surface area contributed by atoms with Gasteiger partial charge in [0.05, 0.1) is 12.6 Å². The highest BCUT2D eigenvalue weighted by Gasteiger charge is 2.25. The van der Waals surface area contributed by atoms with E-state index >= 15 is 0 Å². The number of alkyl carbamates (subject to hydrolysis) is 1. The lowest BCUT2D eigenvalue weighted by Crippen LogP contribution is -2.43. The van der Waals surface area contributed by atoms with Gasteiger partial charge in [-0.15, -0.1) is 0 Å². The van der Waals surface area contributed by atoms with Crippen LogP contribution in [0.5, 0.6) is 0 Å². The number of nitrogens with zero attached hydrogens (tertiary/aromatic N) is 1. The fourth-order valence-corrected chi connectivity index (χ4v) is 4.45. The van der Waals surface area contributed by atoms with Crippen LogP contribution in [-0.4, -0.2) is 72.8 Å². The predicted octanol–water partition coefficient (Wildman–Crippen LogP) is 4.44. The fourth-order valence-electron chi connectivity index (χ4n) is 4.45. The number of carboxylic acid groups (broad SMARTS) is 1. The molecule has 1 aliphatic rings. The summed E-state index contributed by atoms with van der Waals surface area (Å²) in [5.74, 6) is -1.05. The van der Waals surface area contributed by atoms with Gasteiger partial charge in [0.25, 0.3) is 0 Å². The molecule has 2 amide bonds. The summed E-state index contributed by atoms with van der Waals surface area (Å²) in [6, 6.07) is 17.8. The van der Waals surface area contributed by atoms with Crippen LogP contribution in [0.15, 0.2) is 60.7 Å². The van der Waals surface area contributed by atoms with Crippen molar-refractivity contribution >= 4 is 18.2 Å². The molecular formula is C31H43N3O8. The fraction of sp³-hybridized carbons (Fsp3) is 0.516. The van der Waals surface area contributed by atoms with Crippen LogP contribution < -0.4 is 11.1 Å². The number of rotatable bonds is 17. The molecule has 2 aromatic carbocycles. The van der Waals surface area contributed by atoms with E-state index in [4.69, 9.17) is 29.8 Å². The minimum absolute atomic E-state index is 0.117. The number of hydrogen-bond donors (Lipinski definition) is 3. The average molecular weight is 586 g/mol. The molecule has 0 spiro atoms. The second-order valence-corrected chi connectivity index (χ2v) is 10.3. The molecule has 42 heavy (non-hydrogen) atoms. The molecule has 0 aromatic heterocycles. The minimum Gasteiger partial charge on any atom is -0.480 e. The summed E-state index contributed by atoms with van der Waals surface area (Å²) in [6.07, 6.45) is 2.58. The van der Waals surface area contributed by atoms with Crippen molar-refractivity contribution in [2.45, 2.75) is 76.6 Å². The molecule has 0 aliphatic carbocycles. The van der Waals surface area contributed by atoms with Crippen LogP contribution in [-0.2, 0) is 37.0 Å². The molecule has 0 saturated carbocycles. The number of nitrogens with two attached hydrogens (primary N) is 1. The Kier molecular flexibility index (Phi) is 14.6. The van der Waals surface area contributed by atoms with Crippen molar-refractivity contribution in [1.29, 1.82) is 0 Å². The van der Waals surface area contributed by atoms with Crippen LogP contribution in [0.25, 0.3) is 0 Å². The maximum atomic E-state index is 13.2. The Balaban J connectivity index is 1.58. The molecule has 1 aliphatic heterocycles. The van der Waals surface area contributed by atoms with Gasteiger partial charge in [0.2, 0.25) is 0 Å². The number of hydrogen-bond acceptors (Lipinski definition) is 8. The van der Waals surface area contributed by atoms with Crippen molar-refractivity contribution < 1.29 is 38.4 Å². The van der Waals surface area contributed by atoms with Gasteiger partial charge in [0.1, 0.15) is 19.3 Å². The first-order valence-electron chi connectivity index (χ1n) is 14.6. The molecule has 0 radical (unpaired) electrons. The molecule has 230 valence electrons. The Morgan fingerprint density at radius 2 is 1.62 bits per heavy atom. The number of ether oxygens (including phenoxy) is 4. The number of benzene rings is 2. The van der Waals surface area contributed by atoms with Crippen LogP contribution in [0.1, 0.15) is 56.1 Å². The predicted molar refractivity (Wildman–Crippen MR) is 155 cm³/mol. The number of carbonyl (C=O) groups excluding carboxylic acids is 2. The van der Waals surface area contributed by atoms with Gasteiger partial charge in [-0.25, -0.2) is 9.59 Å². The standard InChI is InChI=1S/C31H43N3O8/c32-27(29(35)36)15-7-9-19-34(31(38)41-23-25-13-5-2-6-14-25)21-26(42-28-16-8-10-20-39-28)17-18-33-30(37)40-22-24-11-3-1-4-12-24/h1-6,11-14,26-28H,7-10,15-23,32H2,(H,33,37)(H,35,36)/t26-,27+,28?/m1/s1. The lowest BCUT2D eigenvalue weighted by atomic mass is 10.1. The highest BCUT2D eigenvalue weighted by molar-refractivity contribution is 5.73. The van der Waals surface area contributed by atoms with Crippen molar-refractivity contribution in [3.63, 3.8) is 0 Å². The molecule has 3 rings (SSSR count). The van der Waals surface area contributed by atoms with E-state index in [9.17, 15) is 14.4 Å². The first kappa shape index (κ1) is 32.8. The maximum absolute atomic E-state index is 13.2. The third-order valence-corrected chi connectivity index (χ3v) is 6.83. The smallest absolute Gasteiger partial charge is 0.410 e. The van der Waals surface area contributed by atoms with Gasteiger partial charge in [-0.05, 0) is 56.1 Å². The molecule has 11 nitrogen and oxygen atoms in total. The largest absolute Gasteiger partial charge is 0.480 e. The van der Waals surface area contributed by atoms with E-state index in [0.717, 1.165) is 30.4 Å². The third kappa shape index (κ3) is 12.9. The lowest BCUT2D eigenvalue weighted by Gasteiger charge is -2.31. The summed E-state index contributed by atoms with van der Waals surface area (Å²) >= 11 is 0. The number of carboxylic acids is 1. The van der Waals surface area contributed by atoms with Crippen LogP contribution in [0.3, 0.4) is 0 Å². The lowest BCUT2D eigenvalue weighted by molar-refractivity contribution is -0.191. The zero-order valence-electron chi connectivity index (χ0n) is 24.0. The Labute approximate surface area is 247 Å².